The van der Waals surface area contributed by atoms with Crippen LogP contribution in [0.2, 0.25) is 0 Å². The summed E-state index contributed by atoms with van der Waals surface area (Å²) in [5.74, 6) is -0.525. The van der Waals surface area contributed by atoms with Crippen LogP contribution in [0.1, 0.15) is 24.3 Å². The summed E-state index contributed by atoms with van der Waals surface area (Å²) in [7, 11) is 0. The number of aliphatic carboxylic acids is 1. The number of piperidine rings is 1. The topological polar surface area (TPSA) is 79.5 Å². The van der Waals surface area contributed by atoms with Gasteiger partial charge in [0.05, 0.1) is 11.7 Å². The van der Waals surface area contributed by atoms with Gasteiger partial charge in [-0.05, 0) is 36.9 Å². The van der Waals surface area contributed by atoms with Crippen LogP contribution < -0.4 is 5.32 Å². The summed E-state index contributed by atoms with van der Waals surface area (Å²) in [6.07, 6.45) is 6.73. The zero-order chi connectivity index (χ0) is 12.5. The van der Waals surface area contributed by atoms with E-state index in [9.17, 15) is 4.79 Å². The molecule has 94 valence electrons. The molecule has 1 aliphatic rings. The minimum atomic E-state index is -0.778. The van der Waals surface area contributed by atoms with E-state index in [2.05, 4.69) is 15.4 Å². The van der Waals surface area contributed by atoms with Crippen LogP contribution in [0, 0.1) is 0 Å². The number of fused-ring (bicyclic) bond motifs is 1. The van der Waals surface area contributed by atoms with Crippen LogP contribution >= 0.6 is 0 Å². The van der Waals surface area contributed by atoms with E-state index in [-0.39, 0.29) is 5.92 Å². The molecule has 0 aromatic carbocycles. The summed E-state index contributed by atoms with van der Waals surface area (Å²) in [6, 6.07) is 1.56. The smallest absolute Gasteiger partial charge is 0.320 e. The number of carboxylic acid groups (broad SMARTS) is 1. The van der Waals surface area contributed by atoms with Gasteiger partial charge in [0.2, 0.25) is 0 Å². The van der Waals surface area contributed by atoms with Crippen molar-refractivity contribution in [2.45, 2.75) is 24.8 Å². The van der Waals surface area contributed by atoms with Gasteiger partial charge in [-0.1, -0.05) is 0 Å². The van der Waals surface area contributed by atoms with E-state index in [0.717, 1.165) is 24.0 Å². The Morgan fingerprint density at radius 3 is 3.28 bits per heavy atom. The Labute approximate surface area is 104 Å². The summed E-state index contributed by atoms with van der Waals surface area (Å²) in [5, 5.41) is 16.2. The summed E-state index contributed by atoms with van der Waals surface area (Å²) in [6.45, 7) is 0.729. The summed E-state index contributed by atoms with van der Waals surface area (Å²) in [4.78, 5) is 15.1. The van der Waals surface area contributed by atoms with Gasteiger partial charge >= 0.3 is 5.97 Å². The van der Waals surface area contributed by atoms with Gasteiger partial charge in [0.1, 0.15) is 12.4 Å². The lowest BCUT2D eigenvalue weighted by Gasteiger charge is -2.27. The van der Waals surface area contributed by atoms with Gasteiger partial charge in [-0.25, -0.2) is 9.50 Å². The molecule has 1 saturated heterocycles. The molecule has 0 amide bonds. The molecular weight excluding hydrogens is 232 g/mol. The van der Waals surface area contributed by atoms with Crippen molar-refractivity contribution in [1.29, 1.82) is 0 Å². The van der Waals surface area contributed by atoms with E-state index >= 15 is 0 Å². The number of hydrogen-bond donors (Lipinski definition) is 2. The molecule has 1 aliphatic heterocycles. The van der Waals surface area contributed by atoms with E-state index in [1.165, 1.54) is 6.33 Å². The summed E-state index contributed by atoms with van der Waals surface area (Å²) >= 11 is 0. The van der Waals surface area contributed by atoms with E-state index < -0.39 is 12.0 Å². The Morgan fingerprint density at radius 1 is 1.56 bits per heavy atom. The number of carbonyl (C=O) groups is 1. The molecule has 6 nitrogen and oxygen atoms in total. The molecule has 0 saturated carbocycles. The molecule has 3 heterocycles. The van der Waals surface area contributed by atoms with Crippen LogP contribution in [0.15, 0.2) is 24.8 Å². The molecule has 1 fully saturated rings. The Balaban J connectivity index is 1.92. The second-order valence-corrected chi connectivity index (χ2v) is 4.58. The van der Waals surface area contributed by atoms with Crippen LogP contribution in [0.3, 0.4) is 0 Å². The normalized spacial score (nSPS) is 24.2. The van der Waals surface area contributed by atoms with Crippen LogP contribution in [0.25, 0.3) is 5.52 Å². The molecule has 2 aromatic heterocycles. The van der Waals surface area contributed by atoms with E-state index in [1.807, 2.05) is 12.3 Å². The number of carboxylic acids is 1. The molecule has 0 radical (unpaired) electrons. The molecule has 6 heteroatoms. The van der Waals surface area contributed by atoms with Crippen molar-refractivity contribution in [2.75, 3.05) is 6.54 Å². The molecule has 0 spiro atoms. The monoisotopic (exact) mass is 246 g/mol. The molecule has 2 aromatic rings. The van der Waals surface area contributed by atoms with Gasteiger partial charge in [0.15, 0.2) is 0 Å². The largest absolute Gasteiger partial charge is 0.480 e. The van der Waals surface area contributed by atoms with Crippen molar-refractivity contribution in [1.82, 2.24) is 19.9 Å². The van der Waals surface area contributed by atoms with E-state index in [0.29, 0.717) is 6.42 Å². The maximum atomic E-state index is 11.0. The average molecular weight is 246 g/mol. The summed E-state index contributed by atoms with van der Waals surface area (Å²) < 4.78 is 1.78. The van der Waals surface area contributed by atoms with Crippen LogP contribution in [-0.2, 0) is 4.79 Å². The molecule has 2 unspecified atom stereocenters. The zero-order valence-corrected chi connectivity index (χ0v) is 9.78. The lowest BCUT2D eigenvalue weighted by molar-refractivity contribution is -0.140. The first-order valence-corrected chi connectivity index (χ1v) is 5.99. The minimum absolute atomic E-state index is 0.253. The van der Waals surface area contributed by atoms with E-state index in [1.54, 1.807) is 10.7 Å². The first-order valence-electron chi connectivity index (χ1n) is 5.99. The molecule has 3 rings (SSSR count). The number of nitrogens with one attached hydrogen (secondary N) is 1. The Morgan fingerprint density at radius 2 is 2.44 bits per heavy atom. The second-order valence-electron chi connectivity index (χ2n) is 4.58. The zero-order valence-electron chi connectivity index (χ0n) is 9.78. The van der Waals surface area contributed by atoms with Crippen molar-refractivity contribution in [3.05, 3.63) is 30.4 Å². The van der Waals surface area contributed by atoms with Gasteiger partial charge in [-0.2, -0.15) is 5.10 Å². The lowest BCUT2D eigenvalue weighted by atomic mass is 9.87. The third-order valence-corrected chi connectivity index (χ3v) is 3.52. The highest BCUT2D eigenvalue weighted by atomic mass is 16.4. The van der Waals surface area contributed by atoms with Crippen molar-refractivity contribution in [2.24, 2.45) is 0 Å². The number of rotatable bonds is 2. The molecular formula is C12H14N4O2. The first-order chi connectivity index (χ1) is 8.75. The number of nitrogens with zero attached hydrogens (tertiary/aromatic N) is 3. The Bertz CT molecular complexity index is 580. The van der Waals surface area contributed by atoms with Crippen molar-refractivity contribution in [3.63, 3.8) is 0 Å². The van der Waals surface area contributed by atoms with Crippen molar-refractivity contribution in [3.8, 4) is 0 Å². The minimum Gasteiger partial charge on any atom is -0.480 e. The van der Waals surface area contributed by atoms with Crippen molar-refractivity contribution < 1.29 is 9.90 Å². The first kappa shape index (κ1) is 11.2. The predicted molar refractivity (Wildman–Crippen MR) is 64.4 cm³/mol. The third kappa shape index (κ3) is 1.84. The van der Waals surface area contributed by atoms with Crippen LogP contribution in [0.4, 0.5) is 0 Å². The average Bonchev–Trinajstić information content (AvgIpc) is 2.82. The van der Waals surface area contributed by atoms with Crippen LogP contribution in [-0.4, -0.2) is 38.3 Å². The summed E-state index contributed by atoms with van der Waals surface area (Å²) in [5.41, 5.74) is 2.11. The standard InChI is InChI=1S/C12H14N4O2/c17-12(18)10-5-8(1-3-14-10)9-2-4-16-11(9)6-13-7-15-16/h2,4,6-8,10,14H,1,3,5H2,(H,17,18). The molecule has 0 aliphatic carbocycles. The maximum Gasteiger partial charge on any atom is 0.320 e. The highest BCUT2D eigenvalue weighted by Crippen LogP contribution is 2.30. The van der Waals surface area contributed by atoms with Crippen LogP contribution in [0.5, 0.6) is 0 Å². The number of hydrogen-bond acceptors (Lipinski definition) is 4. The van der Waals surface area contributed by atoms with Gasteiger partial charge in [0, 0.05) is 6.20 Å². The van der Waals surface area contributed by atoms with E-state index in [4.69, 9.17) is 5.11 Å². The highest BCUT2D eigenvalue weighted by Gasteiger charge is 2.28. The molecule has 2 atom stereocenters. The fourth-order valence-corrected chi connectivity index (χ4v) is 2.61. The number of aromatic nitrogens is 3. The fraction of sp³-hybridized carbons (Fsp3) is 0.417. The molecule has 18 heavy (non-hydrogen) atoms. The quantitative estimate of drug-likeness (QED) is 0.813. The predicted octanol–water partition coefficient (Wildman–Crippen LogP) is 0.649. The second kappa shape index (κ2) is 4.38. The Hall–Kier alpha value is -1.95. The Kier molecular flexibility index (Phi) is 2.71. The van der Waals surface area contributed by atoms with Gasteiger partial charge in [-0.3, -0.25) is 4.79 Å². The third-order valence-electron chi connectivity index (χ3n) is 3.52. The SMILES string of the molecule is O=C(O)C1CC(c2ccn3ncncc23)CCN1. The molecule has 2 N–H and O–H groups in total. The van der Waals surface area contributed by atoms with Gasteiger partial charge in [0.25, 0.3) is 0 Å². The van der Waals surface area contributed by atoms with Gasteiger partial charge < -0.3 is 10.4 Å². The van der Waals surface area contributed by atoms with Crippen molar-refractivity contribution >= 4 is 11.5 Å². The van der Waals surface area contributed by atoms with Gasteiger partial charge in [-0.15, -0.1) is 0 Å². The highest BCUT2D eigenvalue weighted by molar-refractivity contribution is 5.74. The molecule has 0 bridgehead atoms. The fourth-order valence-electron chi connectivity index (χ4n) is 2.61. The lowest BCUT2D eigenvalue weighted by Crippen LogP contribution is -2.42. The maximum absolute atomic E-state index is 11.0.